The molecular weight excluding hydrogens is 294 g/mol. The molecular formula is C13H11N3O2S2. The van der Waals surface area contributed by atoms with Gasteiger partial charge < -0.3 is 9.73 Å². The summed E-state index contributed by atoms with van der Waals surface area (Å²) in [6.45, 7) is 1.89. The van der Waals surface area contributed by atoms with E-state index in [0.29, 0.717) is 5.13 Å². The zero-order chi connectivity index (χ0) is 13.9. The predicted molar refractivity (Wildman–Crippen MR) is 79.0 cm³/mol. The molecule has 0 aromatic carbocycles. The molecule has 102 valence electrons. The predicted octanol–water partition coefficient (Wildman–Crippen LogP) is 3.35. The Hall–Kier alpha value is -1.99. The average molecular weight is 305 g/mol. The number of nitrogens with one attached hydrogen (secondary N) is 1. The number of furan rings is 1. The van der Waals surface area contributed by atoms with Crippen LogP contribution in [0.2, 0.25) is 0 Å². The molecule has 3 aromatic heterocycles. The van der Waals surface area contributed by atoms with Gasteiger partial charge in [-0.05, 0) is 19.1 Å². The van der Waals surface area contributed by atoms with Crippen LogP contribution in [0, 0.1) is 6.92 Å². The molecule has 0 spiro atoms. The molecule has 1 N–H and O–H groups in total. The summed E-state index contributed by atoms with van der Waals surface area (Å²) in [5.41, 5.74) is 0.730. The second kappa shape index (κ2) is 5.56. The van der Waals surface area contributed by atoms with Crippen LogP contribution in [0.3, 0.4) is 0 Å². The molecule has 20 heavy (non-hydrogen) atoms. The Morgan fingerprint density at radius 3 is 3.00 bits per heavy atom. The van der Waals surface area contributed by atoms with Crippen molar-refractivity contribution in [3.05, 3.63) is 40.5 Å². The first kappa shape index (κ1) is 13.0. The van der Waals surface area contributed by atoms with Crippen LogP contribution in [0.15, 0.2) is 33.5 Å². The van der Waals surface area contributed by atoms with Crippen LogP contribution in [0.4, 0.5) is 5.13 Å². The Morgan fingerprint density at radius 2 is 2.30 bits per heavy atom. The van der Waals surface area contributed by atoms with Crippen LogP contribution in [0.1, 0.15) is 11.5 Å². The van der Waals surface area contributed by atoms with Crippen molar-refractivity contribution in [2.75, 3.05) is 5.32 Å². The molecule has 5 nitrogen and oxygen atoms in total. The molecule has 3 heterocycles. The second-order valence-corrected chi connectivity index (χ2v) is 5.87. The van der Waals surface area contributed by atoms with Crippen LogP contribution < -0.4 is 5.32 Å². The number of anilines is 1. The van der Waals surface area contributed by atoms with E-state index in [1.165, 1.54) is 22.7 Å². The smallest absolute Gasteiger partial charge is 0.232 e. The van der Waals surface area contributed by atoms with Gasteiger partial charge in [0.2, 0.25) is 5.91 Å². The molecule has 0 aliphatic carbocycles. The summed E-state index contributed by atoms with van der Waals surface area (Å²) in [5.74, 6) is 1.46. The lowest BCUT2D eigenvalue weighted by molar-refractivity contribution is -0.115. The average Bonchev–Trinajstić information content (AvgIpc) is 3.10. The van der Waals surface area contributed by atoms with E-state index in [9.17, 15) is 4.79 Å². The minimum Gasteiger partial charge on any atom is -0.459 e. The van der Waals surface area contributed by atoms with Gasteiger partial charge in [-0.15, -0.1) is 22.7 Å². The number of nitrogens with zero attached hydrogens (tertiary/aromatic N) is 2. The highest BCUT2D eigenvalue weighted by atomic mass is 32.1. The van der Waals surface area contributed by atoms with E-state index in [2.05, 4.69) is 15.3 Å². The van der Waals surface area contributed by atoms with Gasteiger partial charge >= 0.3 is 0 Å². The Kier molecular flexibility index (Phi) is 3.62. The van der Waals surface area contributed by atoms with E-state index in [0.717, 1.165) is 22.2 Å². The zero-order valence-electron chi connectivity index (χ0n) is 10.6. The molecule has 0 unspecified atom stereocenters. The molecule has 3 aromatic rings. The van der Waals surface area contributed by atoms with Gasteiger partial charge in [0.05, 0.1) is 12.1 Å². The van der Waals surface area contributed by atoms with Gasteiger partial charge in [-0.25, -0.2) is 9.97 Å². The first-order valence-corrected chi connectivity index (χ1v) is 7.67. The van der Waals surface area contributed by atoms with Crippen LogP contribution >= 0.6 is 22.7 Å². The van der Waals surface area contributed by atoms with Crippen molar-refractivity contribution in [3.8, 4) is 10.8 Å². The molecule has 0 aliphatic heterocycles. The fraction of sp³-hybridized carbons (Fsp3) is 0.154. The normalized spacial score (nSPS) is 10.7. The van der Waals surface area contributed by atoms with Gasteiger partial charge in [-0.2, -0.15) is 0 Å². The highest BCUT2D eigenvalue weighted by molar-refractivity contribution is 7.13. The molecule has 0 aliphatic rings. The number of thiazole rings is 2. The lowest BCUT2D eigenvalue weighted by atomic mass is 10.3. The number of aryl methyl sites for hydroxylation is 1. The second-order valence-electron chi connectivity index (χ2n) is 4.12. The molecule has 1 amide bonds. The van der Waals surface area contributed by atoms with E-state index in [-0.39, 0.29) is 12.3 Å². The topological polar surface area (TPSA) is 68.0 Å². The van der Waals surface area contributed by atoms with Crippen molar-refractivity contribution in [2.45, 2.75) is 13.3 Å². The van der Waals surface area contributed by atoms with E-state index in [1.54, 1.807) is 6.20 Å². The minimum atomic E-state index is -0.118. The first-order chi connectivity index (χ1) is 9.70. The number of hydrogen-bond donors (Lipinski definition) is 1. The van der Waals surface area contributed by atoms with Crippen LogP contribution in [-0.4, -0.2) is 15.9 Å². The van der Waals surface area contributed by atoms with Crippen molar-refractivity contribution in [1.29, 1.82) is 0 Å². The van der Waals surface area contributed by atoms with Gasteiger partial charge in [-0.3, -0.25) is 4.79 Å². The van der Waals surface area contributed by atoms with Crippen molar-refractivity contribution in [3.63, 3.8) is 0 Å². The van der Waals surface area contributed by atoms with Gasteiger partial charge in [0.25, 0.3) is 0 Å². The Morgan fingerprint density at radius 1 is 1.40 bits per heavy atom. The maximum absolute atomic E-state index is 11.8. The molecule has 0 fully saturated rings. The monoisotopic (exact) mass is 305 g/mol. The fourth-order valence-electron chi connectivity index (χ4n) is 1.66. The summed E-state index contributed by atoms with van der Waals surface area (Å²) in [5, 5.41) is 7.81. The molecule has 3 rings (SSSR count). The standard InChI is InChI=1S/C13H11N3O2S2/c1-8-2-3-10(18-8)12-15-9(7-20-12)6-11(17)16-13-14-4-5-19-13/h2-5,7H,6H2,1H3,(H,14,16,17). The molecule has 0 saturated heterocycles. The van der Waals surface area contributed by atoms with E-state index in [1.807, 2.05) is 29.8 Å². The van der Waals surface area contributed by atoms with Crippen molar-refractivity contribution >= 4 is 33.7 Å². The molecule has 0 atom stereocenters. The Bertz CT molecular complexity index is 716. The molecule has 0 saturated carbocycles. The lowest BCUT2D eigenvalue weighted by Gasteiger charge is -1.98. The number of hydrogen-bond acceptors (Lipinski definition) is 6. The minimum absolute atomic E-state index is 0.118. The third-order valence-electron chi connectivity index (χ3n) is 2.52. The van der Waals surface area contributed by atoms with Gasteiger partial charge in [0, 0.05) is 17.0 Å². The highest BCUT2D eigenvalue weighted by Gasteiger charge is 2.11. The van der Waals surface area contributed by atoms with E-state index >= 15 is 0 Å². The number of carbonyl (C=O) groups excluding carboxylic acids is 1. The number of amides is 1. The summed E-state index contributed by atoms with van der Waals surface area (Å²) in [4.78, 5) is 20.2. The third kappa shape index (κ3) is 2.94. The summed E-state index contributed by atoms with van der Waals surface area (Å²) in [7, 11) is 0. The van der Waals surface area contributed by atoms with Crippen LogP contribution in [0.5, 0.6) is 0 Å². The van der Waals surface area contributed by atoms with Crippen LogP contribution in [0.25, 0.3) is 10.8 Å². The zero-order valence-corrected chi connectivity index (χ0v) is 12.3. The van der Waals surface area contributed by atoms with E-state index in [4.69, 9.17) is 4.42 Å². The third-order valence-corrected chi connectivity index (χ3v) is 4.12. The van der Waals surface area contributed by atoms with Crippen molar-refractivity contribution in [2.24, 2.45) is 0 Å². The first-order valence-electron chi connectivity index (χ1n) is 5.91. The SMILES string of the molecule is Cc1ccc(-c2nc(CC(=O)Nc3nccs3)cs2)o1. The summed E-state index contributed by atoms with van der Waals surface area (Å²) in [6.07, 6.45) is 1.89. The summed E-state index contributed by atoms with van der Waals surface area (Å²) >= 11 is 2.86. The number of rotatable bonds is 4. The van der Waals surface area contributed by atoms with Crippen LogP contribution in [-0.2, 0) is 11.2 Å². The Balaban J connectivity index is 1.66. The maximum Gasteiger partial charge on any atom is 0.232 e. The maximum atomic E-state index is 11.8. The highest BCUT2D eigenvalue weighted by Crippen LogP contribution is 2.25. The molecule has 0 bridgehead atoms. The quantitative estimate of drug-likeness (QED) is 0.802. The molecule has 7 heteroatoms. The largest absolute Gasteiger partial charge is 0.459 e. The lowest BCUT2D eigenvalue weighted by Crippen LogP contribution is -2.14. The van der Waals surface area contributed by atoms with Gasteiger partial charge in [-0.1, -0.05) is 0 Å². The van der Waals surface area contributed by atoms with Gasteiger partial charge in [0.1, 0.15) is 5.76 Å². The van der Waals surface area contributed by atoms with E-state index < -0.39 is 0 Å². The number of aromatic nitrogens is 2. The van der Waals surface area contributed by atoms with Gasteiger partial charge in [0.15, 0.2) is 15.9 Å². The van der Waals surface area contributed by atoms with Crippen molar-refractivity contribution < 1.29 is 9.21 Å². The Labute approximate surface area is 123 Å². The summed E-state index contributed by atoms with van der Waals surface area (Å²) < 4.78 is 5.51. The summed E-state index contributed by atoms with van der Waals surface area (Å²) in [6, 6.07) is 3.78. The molecule has 0 radical (unpaired) electrons. The fourth-order valence-corrected chi connectivity index (χ4v) is 2.99. The number of carbonyl (C=O) groups is 1. The van der Waals surface area contributed by atoms with Crippen molar-refractivity contribution in [1.82, 2.24) is 9.97 Å².